The van der Waals surface area contributed by atoms with Crippen LogP contribution in [0.2, 0.25) is 0 Å². The number of ketones is 1. The summed E-state index contributed by atoms with van der Waals surface area (Å²) in [5, 5.41) is 1.04. The maximum atomic E-state index is 10.9. The molecule has 2 aromatic rings. The van der Waals surface area contributed by atoms with E-state index in [1.165, 1.54) is 0 Å². The highest BCUT2D eigenvalue weighted by Gasteiger charge is 2.12. The molecule has 0 aromatic carbocycles. The fourth-order valence-electron chi connectivity index (χ4n) is 1.94. The highest BCUT2D eigenvalue weighted by molar-refractivity contribution is 5.87. The van der Waals surface area contributed by atoms with Gasteiger partial charge in [-0.15, -0.1) is 0 Å². The van der Waals surface area contributed by atoms with Gasteiger partial charge in [0.25, 0.3) is 0 Å². The van der Waals surface area contributed by atoms with Crippen molar-refractivity contribution in [3.63, 3.8) is 0 Å². The standard InChI is InChI=1S/C17H22N2O2/c1-12(20)6-5-7-13-9-18-16-15(13)8-14(10-19-16)21-11-17(2,3)4/h5-6,8-10H,7,11H2,1-4H3,(H,18,19). The average molecular weight is 286 g/mol. The Bertz CT molecular complexity index is 663. The van der Waals surface area contributed by atoms with Crippen molar-refractivity contribution in [3.05, 3.63) is 36.2 Å². The number of nitrogens with one attached hydrogen (secondary N) is 1. The number of rotatable bonds is 5. The van der Waals surface area contributed by atoms with Gasteiger partial charge in [-0.25, -0.2) is 4.98 Å². The van der Waals surface area contributed by atoms with Crippen LogP contribution in [0.5, 0.6) is 5.75 Å². The van der Waals surface area contributed by atoms with Crippen LogP contribution in [0.15, 0.2) is 30.6 Å². The summed E-state index contributed by atoms with van der Waals surface area (Å²) in [6, 6.07) is 2.00. The van der Waals surface area contributed by atoms with Gasteiger partial charge in [-0.05, 0) is 36.5 Å². The van der Waals surface area contributed by atoms with Crippen molar-refractivity contribution in [1.29, 1.82) is 0 Å². The molecular weight excluding hydrogens is 264 g/mol. The molecular formula is C17H22N2O2. The zero-order chi connectivity index (χ0) is 15.5. The molecule has 0 saturated carbocycles. The molecule has 21 heavy (non-hydrogen) atoms. The number of fused-ring (bicyclic) bond motifs is 1. The number of aromatic amines is 1. The summed E-state index contributed by atoms with van der Waals surface area (Å²) in [4.78, 5) is 18.5. The lowest BCUT2D eigenvalue weighted by atomic mass is 9.99. The molecule has 0 bridgehead atoms. The Hall–Kier alpha value is -2.10. The lowest BCUT2D eigenvalue weighted by molar-refractivity contribution is -0.112. The van der Waals surface area contributed by atoms with Gasteiger partial charge in [0.2, 0.25) is 0 Å². The molecule has 2 rings (SSSR count). The SMILES string of the molecule is CC(=O)C=CCc1c[nH]c2ncc(OCC(C)(C)C)cc12. The van der Waals surface area contributed by atoms with Crippen LogP contribution < -0.4 is 4.74 Å². The molecule has 0 saturated heterocycles. The van der Waals surface area contributed by atoms with Gasteiger partial charge in [0.1, 0.15) is 11.4 Å². The first-order valence-electron chi connectivity index (χ1n) is 7.11. The molecule has 0 radical (unpaired) electrons. The monoisotopic (exact) mass is 286 g/mol. The van der Waals surface area contributed by atoms with Crippen LogP contribution in [-0.4, -0.2) is 22.4 Å². The fraction of sp³-hybridized carbons (Fsp3) is 0.412. The van der Waals surface area contributed by atoms with E-state index < -0.39 is 0 Å². The van der Waals surface area contributed by atoms with Gasteiger partial charge in [0, 0.05) is 11.6 Å². The Morgan fingerprint density at radius 3 is 2.86 bits per heavy atom. The molecule has 0 fully saturated rings. The van der Waals surface area contributed by atoms with Crippen molar-refractivity contribution in [1.82, 2.24) is 9.97 Å². The summed E-state index contributed by atoms with van der Waals surface area (Å²) in [5.74, 6) is 0.830. The molecule has 0 amide bonds. The normalized spacial score (nSPS) is 12.2. The van der Waals surface area contributed by atoms with E-state index in [-0.39, 0.29) is 11.2 Å². The van der Waals surface area contributed by atoms with E-state index >= 15 is 0 Å². The van der Waals surface area contributed by atoms with E-state index in [0.29, 0.717) is 13.0 Å². The zero-order valence-electron chi connectivity index (χ0n) is 13.1. The summed E-state index contributed by atoms with van der Waals surface area (Å²) in [6.45, 7) is 8.59. The number of carbonyl (C=O) groups excluding carboxylic acids is 1. The van der Waals surface area contributed by atoms with Crippen LogP contribution in [0.1, 0.15) is 33.3 Å². The number of allylic oxidation sites excluding steroid dienone is 2. The van der Waals surface area contributed by atoms with Gasteiger partial charge >= 0.3 is 0 Å². The van der Waals surface area contributed by atoms with Gasteiger partial charge in [-0.2, -0.15) is 0 Å². The van der Waals surface area contributed by atoms with E-state index in [9.17, 15) is 4.79 Å². The van der Waals surface area contributed by atoms with Crippen LogP contribution in [0.25, 0.3) is 11.0 Å². The molecule has 0 aliphatic carbocycles. The molecule has 4 heteroatoms. The van der Waals surface area contributed by atoms with E-state index in [1.807, 2.05) is 18.3 Å². The van der Waals surface area contributed by atoms with Crippen molar-refractivity contribution in [2.24, 2.45) is 5.41 Å². The molecule has 0 atom stereocenters. The number of aromatic nitrogens is 2. The van der Waals surface area contributed by atoms with Crippen molar-refractivity contribution in [3.8, 4) is 5.75 Å². The van der Waals surface area contributed by atoms with Gasteiger partial charge in [0.15, 0.2) is 5.78 Å². The highest BCUT2D eigenvalue weighted by Crippen LogP contribution is 2.24. The highest BCUT2D eigenvalue weighted by atomic mass is 16.5. The summed E-state index contributed by atoms with van der Waals surface area (Å²) < 4.78 is 5.80. The van der Waals surface area contributed by atoms with Crippen LogP contribution in [0, 0.1) is 5.41 Å². The van der Waals surface area contributed by atoms with E-state index in [4.69, 9.17) is 4.74 Å². The maximum absolute atomic E-state index is 10.9. The van der Waals surface area contributed by atoms with Crippen LogP contribution in [-0.2, 0) is 11.2 Å². The van der Waals surface area contributed by atoms with Crippen molar-refractivity contribution in [2.45, 2.75) is 34.1 Å². The summed E-state index contributed by atoms with van der Waals surface area (Å²) in [7, 11) is 0. The Morgan fingerprint density at radius 2 is 2.19 bits per heavy atom. The number of pyridine rings is 1. The smallest absolute Gasteiger partial charge is 0.152 e. The Labute approximate surface area is 125 Å². The second-order valence-corrected chi connectivity index (χ2v) is 6.45. The van der Waals surface area contributed by atoms with Gasteiger partial charge in [-0.1, -0.05) is 26.8 Å². The van der Waals surface area contributed by atoms with Crippen LogP contribution >= 0.6 is 0 Å². The quantitative estimate of drug-likeness (QED) is 0.853. The molecule has 0 aliphatic rings. The molecule has 0 spiro atoms. The first-order chi connectivity index (χ1) is 9.85. The third-order valence-electron chi connectivity index (χ3n) is 2.95. The molecule has 112 valence electrons. The summed E-state index contributed by atoms with van der Waals surface area (Å²) >= 11 is 0. The van der Waals surface area contributed by atoms with Gasteiger partial charge in [-0.3, -0.25) is 4.79 Å². The maximum Gasteiger partial charge on any atom is 0.152 e. The fourth-order valence-corrected chi connectivity index (χ4v) is 1.94. The molecule has 4 nitrogen and oxygen atoms in total. The second-order valence-electron chi connectivity index (χ2n) is 6.45. The van der Waals surface area contributed by atoms with Crippen LogP contribution in [0.4, 0.5) is 0 Å². The van der Waals surface area contributed by atoms with E-state index in [1.54, 1.807) is 19.2 Å². The summed E-state index contributed by atoms with van der Waals surface area (Å²) in [5.41, 5.74) is 2.06. The van der Waals surface area contributed by atoms with Gasteiger partial charge < -0.3 is 9.72 Å². The molecule has 0 unspecified atom stereocenters. The first-order valence-corrected chi connectivity index (χ1v) is 7.11. The third kappa shape index (κ3) is 4.45. The lowest BCUT2D eigenvalue weighted by Gasteiger charge is -2.18. The number of hydrogen-bond donors (Lipinski definition) is 1. The number of H-pyrrole nitrogens is 1. The predicted octanol–water partition coefficient (Wildman–Crippen LogP) is 3.68. The van der Waals surface area contributed by atoms with Gasteiger partial charge in [0.05, 0.1) is 12.8 Å². The van der Waals surface area contributed by atoms with Crippen molar-refractivity contribution < 1.29 is 9.53 Å². The minimum atomic E-state index is 0.0576. The topological polar surface area (TPSA) is 55.0 Å². The third-order valence-corrected chi connectivity index (χ3v) is 2.95. The molecule has 2 aromatic heterocycles. The number of hydrogen-bond acceptors (Lipinski definition) is 3. The van der Waals surface area contributed by atoms with Crippen molar-refractivity contribution >= 4 is 16.8 Å². The Morgan fingerprint density at radius 1 is 1.43 bits per heavy atom. The minimum absolute atomic E-state index is 0.0576. The van der Waals surface area contributed by atoms with Crippen molar-refractivity contribution in [2.75, 3.05) is 6.61 Å². The Kier molecular flexibility index (Phi) is 4.46. The number of carbonyl (C=O) groups is 1. The van der Waals surface area contributed by atoms with E-state index in [0.717, 1.165) is 22.3 Å². The largest absolute Gasteiger partial charge is 0.491 e. The number of ether oxygens (including phenoxy) is 1. The van der Waals surface area contributed by atoms with E-state index in [2.05, 4.69) is 30.7 Å². The zero-order valence-corrected chi connectivity index (χ0v) is 13.1. The first kappa shape index (κ1) is 15.3. The molecule has 2 heterocycles. The van der Waals surface area contributed by atoms with Crippen LogP contribution in [0.3, 0.4) is 0 Å². The molecule has 1 N–H and O–H groups in total. The second kappa shape index (κ2) is 6.12. The average Bonchev–Trinajstić information content (AvgIpc) is 2.78. The summed E-state index contributed by atoms with van der Waals surface area (Å²) in [6.07, 6.45) is 7.82. The predicted molar refractivity (Wildman–Crippen MR) is 84.6 cm³/mol. The lowest BCUT2D eigenvalue weighted by Crippen LogP contribution is -2.16. The molecule has 0 aliphatic heterocycles. The minimum Gasteiger partial charge on any atom is -0.491 e. The Balaban J connectivity index is 2.18. The number of nitrogens with zero attached hydrogens (tertiary/aromatic N) is 1.